The Bertz CT molecular complexity index is 1440. The zero-order chi connectivity index (χ0) is 25.2. The summed E-state index contributed by atoms with van der Waals surface area (Å²) < 4.78 is 5.98. The topological polar surface area (TPSA) is 63.7 Å². The number of nitrogens with zero attached hydrogens (tertiary/aromatic N) is 1. The van der Waals surface area contributed by atoms with Crippen LogP contribution in [0.25, 0.3) is 6.08 Å². The van der Waals surface area contributed by atoms with E-state index in [1.165, 1.54) is 6.92 Å². The van der Waals surface area contributed by atoms with Gasteiger partial charge in [0.05, 0.1) is 18.7 Å². The number of carbonyl (C=O) groups is 3. The van der Waals surface area contributed by atoms with Crippen molar-refractivity contribution in [1.82, 2.24) is 0 Å². The summed E-state index contributed by atoms with van der Waals surface area (Å²) in [5.74, 6) is -0.796. The normalized spacial score (nSPS) is 23.0. The molecule has 0 unspecified atom stereocenters. The van der Waals surface area contributed by atoms with Crippen molar-refractivity contribution in [1.29, 1.82) is 0 Å². The van der Waals surface area contributed by atoms with Crippen molar-refractivity contribution in [3.8, 4) is 5.75 Å². The molecule has 0 saturated carbocycles. The number of fused-ring (bicyclic) bond motifs is 5. The maximum absolute atomic E-state index is 14.4. The van der Waals surface area contributed by atoms with Gasteiger partial charge in [0.1, 0.15) is 11.2 Å². The monoisotopic (exact) mass is 497 g/mol. The van der Waals surface area contributed by atoms with E-state index < -0.39 is 23.4 Å². The van der Waals surface area contributed by atoms with E-state index >= 15 is 0 Å². The molecule has 1 saturated heterocycles. The first kappa shape index (κ1) is 22.7. The molecule has 0 radical (unpaired) electrons. The van der Waals surface area contributed by atoms with E-state index in [-0.39, 0.29) is 17.3 Å². The molecule has 3 atom stereocenters. The average molecular weight is 498 g/mol. The number of para-hydroxylation sites is 1. The molecule has 0 amide bonds. The molecular formula is C30H24ClNO4. The third-order valence-corrected chi connectivity index (χ3v) is 7.97. The van der Waals surface area contributed by atoms with Crippen molar-refractivity contribution in [3.63, 3.8) is 0 Å². The number of rotatable bonds is 4. The Morgan fingerprint density at radius 1 is 1.00 bits per heavy atom. The predicted molar refractivity (Wildman–Crippen MR) is 139 cm³/mol. The lowest BCUT2D eigenvalue weighted by atomic mass is 9.64. The Morgan fingerprint density at radius 2 is 1.67 bits per heavy atom. The molecule has 1 fully saturated rings. The van der Waals surface area contributed by atoms with Gasteiger partial charge in [-0.25, -0.2) is 0 Å². The van der Waals surface area contributed by atoms with E-state index in [1.54, 1.807) is 30.3 Å². The number of ether oxygens (including phenoxy) is 1. The maximum atomic E-state index is 14.4. The summed E-state index contributed by atoms with van der Waals surface area (Å²) in [5, 5.41) is 0.573. The summed E-state index contributed by atoms with van der Waals surface area (Å²) >= 11 is 6.28. The van der Waals surface area contributed by atoms with Gasteiger partial charge in [0.2, 0.25) is 0 Å². The van der Waals surface area contributed by atoms with Crippen LogP contribution in [-0.4, -0.2) is 36.0 Å². The highest BCUT2D eigenvalue weighted by atomic mass is 35.5. The van der Waals surface area contributed by atoms with Crippen molar-refractivity contribution in [2.24, 2.45) is 5.41 Å². The van der Waals surface area contributed by atoms with E-state index in [4.69, 9.17) is 16.3 Å². The molecule has 0 bridgehead atoms. The number of carbonyl (C=O) groups excluding carboxylic acids is 3. The van der Waals surface area contributed by atoms with Crippen LogP contribution in [0.1, 0.15) is 51.6 Å². The van der Waals surface area contributed by atoms with Gasteiger partial charge in [0, 0.05) is 33.3 Å². The summed E-state index contributed by atoms with van der Waals surface area (Å²) in [6, 6.07) is 18.5. The maximum Gasteiger partial charge on any atom is 0.180 e. The van der Waals surface area contributed by atoms with E-state index in [0.29, 0.717) is 34.1 Å². The predicted octanol–water partition coefficient (Wildman–Crippen LogP) is 5.76. The molecule has 3 aromatic carbocycles. The van der Waals surface area contributed by atoms with E-state index in [0.717, 1.165) is 11.3 Å². The Morgan fingerprint density at radius 3 is 2.33 bits per heavy atom. The Balaban J connectivity index is 1.69. The molecule has 0 N–H and O–H groups in total. The van der Waals surface area contributed by atoms with Gasteiger partial charge < -0.3 is 9.64 Å². The van der Waals surface area contributed by atoms with Gasteiger partial charge in [-0.2, -0.15) is 0 Å². The average Bonchev–Trinajstić information content (AvgIpc) is 3.31. The van der Waals surface area contributed by atoms with Gasteiger partial charge in [0.25, 0.3) is 0 Å². The number of ketones is 3. The molecule has 2 heterocycles. The molecule has 5 nitrogen and oxygen atoms in total. The molecule has 1 spiro atoms. The third-order valence-electron chi connectivity index (χ3n) is 7.74. The lowest BCUT2D eigenvalue weighted by Crippen LogP contribution is -2.48. The van der Waals surface area contributed by atoms with Crippen LogP contribution in [0, 0.1) is 5.41 Å². The molecule has 36 heavy (non-hydrogen) atoms. The zero-order valence-electron chi connectivity index (χ0n) is 19.9. The molecule has 6 rings (SSSR count). The lowest BCUT2D eigenvalue weighted by Gasteiger charge is -2.37. The molecule has 3 aromatic rings. The first-order valence-electron chi connectivity index (χ1n) is 12.1. The van der Waals surface area contributed by atoms with Gasteiger partial charge in [-0.3, -0.25) is 14.4 Å². The molecule has 2 aliphatic heterocycles. The smallest absolute Gasteiger partial charge is 0.180 e. The summed E-state index contributed by atoms with van der Waals surface area (Å²) in [7, 11) is 0. The van der Waals surface area contributed by atoms with Crippen LogP contribution in [0.15, 0.2) is 72.8 Å². The second-order valence-electron chi connectivity index (χ2n) is 9.49. The highest BCUT2D eigenvalue weighted by molar-refractivity contribution is 6.32. The minimum Gasteiger partial charge on any atom is -0.494 e. The minimum absolute atomic E-state index is 0.124. The number of hydrogen-bond donors (Lipinski definition) is 0. The number of Topliss-reactive ketones (excluding diaryl/α,β-unsaturated/α-hetero) is 3. The van der Waals surface area contributed by atoms with Gasteiger partial charge >= 0.3 is 0 Å². The van der Waals surface area contributed by atoms with Crippen LogP contribution >= 0.6 is 11.6 Å². The van der Waals surface area contributed by atoms with Crippen molar-refractivity contribution < 1.29 is 19.1 Å². The molecule has 180 valence electrons. The number of halogens is 1. The summed E-state index contributed by atoms with van der Waals surface area (Å²) in [6.45, 7) is 3.83. The number of anilines is 1. The Labute approximate surface area is 214 Å². The highest BCUT2D eigenvalue weighted by Crippen LogP contribution is 2.61. The van der Waals surface area contributed by atoms with Gasteiger partial charge in [-0.1, -0.05) is 66.2 Å². The largest absolute Gasteiger partial charge is 0.494 e. The number of benzene rings is 3. The summed E-state index contributed by atoms with van der Waals surface area (Å²) in [5.41, 5.74) is 1.60. The van der Waals surface area contributed by atoms with Crippen LogP contribution < -0.4 is 9.64 Å². The third kappa shape index (κ3) is 2.86. The Kier molecular flexibility index (Phi) is 5.16. The van der Waals surface area contributed by atoms with Crippen molar-refractivity contribution >= 4 is 40.7 Å². The second kappa shape index (κ2) is 8.17. The fourth-order valence-electron chi connectivity index (χ4n) is 6.47. The summed E-state index contributed by atoms with van der Waals surface area (Å²) in [4.78, 5) is 44.3. The van der Waals surface area contributed by atoms with Gasteiger partial charge in [0.15, 0.2) is 17.3 Å². The van der Waals surface area contributed by atoms with Crippen LogP contribution in [0.4, 0.5) is 5.69 Å². The summed E-state index contributed by atoms with van der Waals surface area (Å²) in [6.07, 6.45) is 3.79. The molecule has 1 aliphatic carbocycles. The molecule has 0 aromatic heterocycles. The fraction of sp³-hybridized carbons (Fsp3) is 0.233. The molecule has 6 heteroatoms. The molecular weight excluding hydrogens is 474 g/mol. The second-order valence-corrected chi connectivity index (χ2v) is 9.93. The van der Waals surface area contributed by atoms with Gasteiger partial charge in [-0.05, 0) is 43.7 Å². The standard InChI is InChI=1S/C30H24ClNO4/c1-3-36-24-11-7-6-10-22(24)26-27(17(2)33)32-23-14-13-19(31)16-18(23)12-15-25(32)30(26)28(34)20-8-4-5-9-21(20)29(30)35/h4-16,25-27H,3H2,1-2H3/t25-,26+,27+/m0/s1. The highest BCUT2D eigenvalue weighted by Gasteiger charge is 2.71. The Hall–Kier alpha value is -3.70. The SMILES string of the molecule is CCOc1ccccc1[C@@H]1[C@@H](C(C)=O)N2c3ccc(Cl)cc3C=C[C@H]2C12C(=O)c1ccccc1C2=O. The van der Waals surface area contributed by atoms with Gasteiger partial charge in [-0.15, -0.1) is 0 Å². The van der Waals surface area contributed by atoms with Crippen LogP contribution in [0.5, 0.6) is 5.75 Å². The van der Waals surface area contributed by atoms with Crippen LogP contribution in [-0.2, 0) is 4.79 Å². The van der Waals surface area contributed by atoms with E-state index in [9.17, 15) is 14.4 Å². The zero-order valence-corrected chi connectivity index (χ0v) is 20.7. The van der Waals surface area contributed by atoms with Crippen LogP contribution in [0.3, 0.4) is 0 Å². The molecule has 3 aliphatic rings. The van der Waals surface area contributed by atoms with E-state index in [1.807, 2.05) is 60.4 Å². The van der Waals surface area contributed by atoms with Crippen molar-refractivity contribution in [3.05, 3.63) is 100 Å². The number of hydrogen-bond acceptors (Lipinski definition) is 5. The van der Waals surface area contributed by atoms with Crippen molar-refractivity contribution in [2.75, 3.05) is 11.5 Å². The first-order chi connectivity index (χ1) is 17.4. The van der Waals surface area contributed by atoms with Crippen LogP contribution in [0.2, 0.25) is 5.02 Å². The quantitative estimate of drug-likeness (QED) is 0.429. The first-order valence-corrected chi connectivity index (χ1v) is 12.5. The lowest BCUT2D eigenvalue weighted by molar-refractivity contribution is -0.118. The fourth-order valence-corrected chi connectivity index (χ4v) is 6.65. The van der Waals surface area contributed by atoms with E-state index in [2.05, 4.69) is 0 Å². The minimum atomic E-state index is -1.51. The van der Waals surface area contributed by atoms with Crippen molar-refractivity contribution in [2.45, 2.75) is 31.8 Å².